The van der Waals surface area contributed by atoms with Crippen molar-refractivity contribution >= 4 is 39.0 Å². The minimum Gasteiger partial charge on any atom is -0.508 e. The number of aromatic hydroxyl groups is 1. The van der Waals surface area contributed by atoms with Gasteiger partial charge in [-0.25, -0.2) is 13.6 Å². The van der Waals surface area contributed by atoms with E-state index in [1.54, 1.807) is 24.3 Å². The minimum atomic E-state index is -3.71. The molecule has 0 saturated heterocycles. The number of hydrogen-bond acceptors (Lipinski definition) is 7. The van der Waals surface area contributed by atoms with Gasteiger partial charge in [-0.05, 0) is 42.3 Å². The molecule has 1 aliphatic heterocycles. The van der Waals surface area contributed by atoms with E-state index in [0.29, 0.717) is 6.54 Å². The van der Waals surface area contributed by atoms with E-state index in [0.717, 1.165) is 22.0 Å². The molecule has 2 aromatic rings. The zero-order chi connectivity index (χ0) is 16.6. The highest BCUT2D eigenvalue weighted by Crippen LogP contribution is 2.45. The van der Waals surface area contributed by atoms with Crippen LogP contribution in [-0.4, -0.2) is 26.6 Å². The van der Waals surface area contributed by atoms with Crippen LogP contribution in [0.5, 0.6) is 5.75 Å². The number of rotatable bonds is 4. The fourth-order valence-corrected chi connectivity index (χ4v) is 5.94. The van der Waals surface area contributed by atoms with Gasteiger partial charge in [-0.15, -0.1) is 11.3 Å². The van der Waals surface area contributed by atoms with E-state index in [2.05, 4.69) is 5.32 Å². The first-order valence-corrected chi connectivity index (χ1v) is 10.2. The number of anilines is 1. The average Bonchev–Trinajstić information content (AvgIpc) is 2.92. The van der Waals surface area contributed by atoms with Gasteiger partial charge in [0.15, 0.2) is 0 Å². The first-order chi connectivity index (χ1) is 10.9. The van der Waals surface area contributed by atoms with Crippen LogP contribution in [0.4, 0.5) is 5.69 Å². The van der Waals surface area contributed by atoms with E-state index in [4.69, 9.17) is 5.14 Å². The number of nitrogens with one attached hydrogen (secondary N) is 1. The molecule has 4 N–H and O–H groups in total. The molecule has 0 amide bonds. The fraction of sp³-hybridized carbons (Fsp3) is 0.286. The monoisotopic (exact) mass is 371 g/mol. The first-order valence-electron chi connectivity index (χ1n) is 7.03. The lowest BCUT2D eigenvalue weighted by Gasteiger charge is -2.33. The number of likely N-dealkylation sites (N-methyl/N-ethyl adjacent to an activating group) is 1. The van der Waals surface area contributed by atoms with Gasteiger partial charge in [-0.3, -0.25) is 0 Å². The third kappa shape index (κ3) is 3.48. The van der Waals surface area contributed by atoms with E-state index in [-0.39, 0.29) is 16.0 Å². The summed E-state index contributed by atoms with van der Waals surface area (Å²) in [5, 5.41) is 18.3. The standard InChI is InChI=1S/C14H17N3O3S3/c1-2-16-12-8-17(9-4-3-5-10(18)6-9)22-14-11(12)7-13(21-14)23(15,19)20/h3-7,12,16,18H,2,8H2,1H3,(H2,15,19,20)/t12-/m0/s1. The van der Waals surface area contributed by atoms with Crippen molar-refractivity contribution in [2.24, 2.45) is 5.14 Å². The summed E-state index contributed by atoms with van der Waals surface area (Å²) in [7, 11) is -3.71. The molecule has 1 atom stereocenters. The molecule has 124 valence electrons. The molecule has 23 heavy (non-hydrogen) atoms. The van der Waals surface area contributed by atoms with Crippen molar-refractivity contribution in [2.75, 3.05) is 17.4 Å². The molecule has 0 unspecified atom stereocenters. The second-order valence-electron chi connectivity index (χ2n) is 5.14. The van der Waals surface area contributed by atoms with E-state index in [9.17, 15) is 13.5 Å². The third-order valence-electron chi connectivity index (χ3n) is 3.47. The van der Waals surface area contributed by atoms with Crippen molar-refractivity contribution in [3.05, 3.63) is 35.9 Å². The zero-order valence-electron chi connectivity index (χ0n) is 12.4. The topological polar surface area (TPSA) is 95.7 Å². The zero-order valence-corrected chi connectivity index (χ0v) is 14.8. The normalized spacial score (nSPS) is 18.0. The van der Waals surface area contributed by atoms with Crippen LogP contribution < -0.4 is 14.8 Å². The molecule has 1 aromatic heterocycles. The van der Waals surface area contributed by atoms with Crippen molar-refractivity contribution in [3.63, 3.8) is 0 Å². The molecule has 1 aromatic carbocycles. The maximum Gasteiger partial charge on any atom is 0.247 e. The number of fused-ring (bicyclic) bond motifs is 1. The minimum absolute atomic E-state index is 0.00495. The quantitative estimate of drug-likeness (QED) is 0.714. The Hall–Kier alpha value is -1.26. The molecular formula is C14H17N3O3S3. The number of nitrogens with two attached hydrogens (primary N) is 1. The summed E-state index contributed by atoms with van der Waals surface area (Å²) in [4.78, 5) is 0. The van der Waals surface area contributed by atoms with E-state index in [1.165, 1.54) is 23.3 Å². The van der Waals surface area contributed by atoms with Crippen LogP contribution in [0.1, 0.15) is 18.5 Å². The molecule has 0 spiro atoms. The summed E-state index contributed by atoms with van der Waals surface area (Å²) in [5.41, 5.74) is 1.83. The summed E-state index contributed by atoms with van der Waals surface area (Å²) in [5.74, 6) is 0.199. The van der Waals surface area contributed by atoms with Gasteiger partial charge in [0.1, 0.15) is 9.96 Å². The maximum atomic E-state index is 11.6. The molecule has 0 aliphatic carbocycles. The summed E-state index contributed by atoms with van der Waals surface area (Å²) >= 11 is 2.65. The Balaban J connectivity index is 1.99. The van der Waals surface area contributed by atoms with Crippen molar-refractivity contribution in [3.8, 4) is 5.75 Å². The lowest BCUT2D eigenvalue weighted by molar-refractivity contribution is 0.475. The average molecular weight is 372 g/mol. The number of sulfonamides is 1. The van der Waals surface area contributed by atoms with Crippen LogP contribution in [0.25, 0.3) is 0 Å². The predicted molar refractivity (Wildman–Crippen MR) is 93.4 cm³/mol. The Bertz CT molecular complexity index is 820. The second kappa shape index (κ2) is 6.33. The lowest BCUT2D eigenvalue weighted by Crippen LogP contribution is -2.34. The van der Waals surface area contributed by atoms with Crippen LogP contribution >= 0.6 is 23.3 Å². The first kappa shape index (κ1) is 16.6. The van der Waals surface area contributed by atoms with Crippen LogP contribution in [0.15, 0.2) is 38.8 Å². The summed E-state index contributed by atoms with van der Waals surface area (Å²) in [6.07, 6.45) is 0. The van der Waals surface area contributed by atoms with E-state index < -0.39 is 10.0 Å². The SMILES string of the molecule is CCN[C@H]1CN(c2cccc(O)c2)Sc2sc(S(N)(=O)=O)cc21. The number of phenols is 1. The number of phenolic OH excluding ortho intramolecular Hbond substituents is 1. The van der Waals surface area contributed by atoms with Crippen LogP contribution in [-0.2, 0) is 10.0 Å². The van der Waals surface area contributed by atoms with Crippen molar-refractivity contribution in [1.29, 1.82) is 0 Å². The highest BCUT2D eigenvalue weighted by Gasteiger charge is 2.30. The molecule has 0 fully saturated rings. The number of thiophene rings is 1. The Morgan fingerprint density at radius 1 is 1.43 bits per heavy atom. The number of nitrogens with zero attached hydrogens (tertiary/aromatic N) is 1. The molecule has 0 radical (unpaired) electrons. The Labute approximate surface area is 143 Å². The highest BCUT2D eigenvalue weighted by atomic mass is 32.3. The Kier molecular flexibility index (Phi) is 4.56. The Morgan fingerprint density at radius 2 is 2.22 bits per heavy atom. The lowest BCUT2D eigenvalue weighted by atomic mass is 10.1. The molecule has 6 nitrogen and oxygen atoms in total. The third-order valence-corrected chi connectivity index (χ3v) is 7.29. The van der Waals surface area contributed by atoms with Gasteiger partial charge in [-0.2, -0.15) is 0 Å². The Morgan fingerprint density at radius 3 is 2.87 bits per heavy atom. The van der Waals surface area contributed by atoms with Gasteiger partial charge >= 0.3 is 0 Å². The summed E-state index contributed by atoms with van der Waals surface area (Å²) in [6, 6.07) is 8.67. The summed E-state index contributed by atoms with van der Waals surface area (Å²) < 4.78 is 26.4. The van der Waals surface area contributed by atoms with Crippen LogP contribution in [0, 0.1) is 0 Å². The second-order valence-corrected chi connectivity index (χ2v) is 9.27. The molecule has 0 bridgehead atoms. The number of primary sulfonamides is 1. The highest BCUT2D eigenvalue weighted by molar-refractivity contribution is 8.03. The predicted octanol–water partition coefficient (Wildman–Crippen LogP) is 2.28. The van der Waals surface area contributed by atoms with Crippen LogP contribution in [0.2, 0.25) is 0 Å². The van der Waals surface area contributed by atoms with Crippen molar-refractivity contribution in [2.45, 2.75) is 21.4 Å². The largest absolute Gasteiger partial charge is 0.508 e. The van der Waals surface area contributed by atoms with Gasteiger partial charge in [0, 0.05) is 12.6 Å². The van der Waals surface area contributed by atoms with Crippen molar-refractivity contribution in [1.82, 2.24) is 5.32 Å². The number of hydrogen-bond donors (Lipinski definition) is 3. The molecule has 0 saturated carbocycles. The molecule has 2 heterocycles. The van der Waals surface area contributed by atoms with Gasteiger partial charge in [-0.1, -0.05) is 13.0 Å². The maximum absolute atomic E-state index is 11.6. The number of benzene rings is 1. The van der Waals surface area contributed by atoms with Gasteiger partial charge in [0.05, 0.1) is 15.9 Å². The van der Waals surface area contributed by atoms with Gasteiger partial charge in [0.25, 0.3) is 0 Å². The smallest absolute Gasteiger partial charge is 0.247 e. The summed E-state index contributed by atoms with van der Waals surface area (Å²) in [6.45, 7) is 3.44. The van der Waals surface area contributed by atoms with Crippen molar-refractivity contribution < 1.29 is 13.5 Å². The molecule has 3 rings (SSSR count). The fourth-order valence-electron chi connectivity index (χ4n) is 2.45. The van der Waals surface area contributed by atoms with Crippen LogP contribution in [0.3, 0.4) is 0 Å². The van der Waals surface area contributed by atoms with Gasteiger partial charge < -0.3 is 14.7 Å². The van der Waals surface area contributed by atoms with E-state index in [1.807, 2.05) is 17.3 Å². The van der Waals surface area contributed by atoms with E-state index >= 15 is 0 Å². The molecule has 1 aliphatic rings. The molecular weight excluding hydrogens is 354 g/mol. The molecule has 9 heteroatoms. The van der Waals surface area contributed by atoms with Gasteiger partial charge in [0.2, 0.25) is 10.0 Å².